The normalized spacial score (nSPS) is 19.1. The zero-order valence-corrected chi connectivity index (χ0v) is 17.4. The Kier molecular flexibility index (Phi) is 6.75. The minimum Gasteiger partial charge on any atom is -0.349 e. The van der Waals surface area contributed by atoms with Crippen molar-refractivity contribution in [2.24, 2.45) is 5.92 Å². The fourth-order valence-corrected chi connectivity index (χ4v) is 5.18. The third-order valence-electron chi connectivity index (χ3n) is 5.13. The van der Waals surface area contributed by atoms with Crippen molar-refractivity contribution in [3.8, 4) is 0 Å². The van der Waals surface area contributed by atoms with Gasteiger partial charge in [-0.05, 0) is 49.1 Å². The summed E-state index contributed by atoms with van der Waals surface area (Å²) in [6, 6.07) is 15.9. The zero-order valence-electron chi connectivity index (χ0n) is 15.8. The summed E-state index contributed by atoms with van der Waals surface area (Å²) in [5, 5.41) is 3.58. The van der Waals surface area contributed by atoms with Gasteiger partial charge < -0.3 is 5.32 Å². The van der Waals surface area contributed by atoms with Crippen LogP contribution < -0.4 is 5.32 Å². The molecule has 1 N–H and O–H groups in total. The standard InChI is InChI=1S/C21H25ClN2O3S/c1-2-20(16-7-4-3-5-8-16)23-21(25)17-9-6-14-24(15-17)28(26,27)19-12-10-18(22)11-13-19/h3-5,7-8,10-13,17,20H,2,6,9,14-15H2,1H3,(H,23,25)/t17-,20+/m0/s1. The monoisotopic (exact) mass is 420 g/mol. The van der Waals surface area contributed by atoms with Gasteiger partial charge in [0.25, 0.3) is 0 Å². The SMILES string of the molecule is CC[C@@H](NC(=O)[C@H]1CCCN(S(=O)(=O)c2ccc(Cl)cc2)C1)c1ccccc1. The number of benzene rings is 2. The molecule has 0 radical (unpaired) electrons. The van der Waals surface area contributed by atoms with Crippen LogP contribution in [0.1, 0.15) is 37.8 Å². The number of nitrogens with one attached hydrogen (secondary N) is 1. The molecule has 0 saturated carbocycles. The Morgan fingerprint density at radius 1 is 1.18 bits per heavy atom. The first-order chi connectivity index (χ1) is 13.4. The largest absolute Gasteiger partial charge is 0.349 e. The molecular weight excluding hydrogens is 396 g/mol. The lowest BCUT2D eigenvalue weighted by atomic mass is 9.97. The van der Waals surface area contributed by atoms with Gasteiger partial charge in [0, 0.05) is 18.1 Å². The van der Waals surface area contributed by atoms with Crippen LogP contribution in [0.5, 0.6) is 0 Å². The summed E-state index contributed by atoms with van der Waals surface area (Å²) in [4.78, 5) is 13.0. The molecule has 3 rings (SSSR count). The fraction of sp³-hybridized carbons (Fsp3) is 0.381. The first-order valence-electron chi connectivity index (χ1n) is 9.53. The van der Waals surface area contributed by atoms with Crippen LogP contribution >= 0.6 is 11.6 Å². The van der Waals surface area contributed by atoms with Gasteiger partial charge >= 0.3 is 0 Å². The molecule has 0 unspecified atom stereocenters. The molecule has 1 heterocycles. The topological polar surface area (TPSA) is 66.5 Å². The summed E-state index contributed by atoms with van der Waals surface area (Å²) in [6.07, 6.45) is 2.12. The number of carbonyl (C=O) groups is 1. The molecule has 28 heavy (non-hydrogen) atoms. The molecule has 0 aliphatic carbocycles. The van der Waals surface area contributed by atoms with E-state index < -0.39 is 10.0 Å². The number of carbonyl (C=O) groups excluding carboxylic acids is 1. The second-order valence-corrected chi connectivity index (χ2v) is 9.41. The van der Waals surface area contributed by atoms with Crippen LogP contribution in [0.3, 0.4) is 0 Å². The number of halogens is 1. The van der Waals surface area contributed by atoms with Crippen LogP contribution in [-0.4, -0.2) is 31.7 Å². The summed E-state index contributed by atoms with van der Waals surface area (Å²) in [5.41, 5.74) is 1.06. The zero-order chi connectivity index (χ0) is 20.1. The van der Waals surface area contributed by atoms with Gasteiger partial charge in [0.2, 0.25) is 15.9 Å². The Morgan fingerprint density at radius 3 is 2.50 bits per heavy atom. The van der Waals surface area contributed by atoms with Crippen molar-refractivity contribution in [1.29, 1.82) is 0 Å². The molecule has 2 aromatic rings. The first kappa shape index (κ1) is 20.8. The maximum absolute atomic E-state index is 12.9. The van der Waals surface area contributed by atoms with Crippen molar-refractivity contribution >= 4 is 27.5 Å². The number of sulfonamides is 1. The maximum atomic E-state index is 12.9. The molecular formula is C21H25ClN2O3S. The number of piperidine rings is 1. The van der Waals surface area contributed by atoms with Crippen molar-refractivity contribution < 1.29 is 13.2 Å². The smallest absolute Gasteiger partial charge is 0.243 e. The maximum Gasteiger partial charge on any atom is 0.243 e. The van der Waals surface area contributed by atoms with E-state index in [-0.39, 0.29) is 29.3 Å². The van der Waals surface area contributed by atoms with Crippen molar-refractivity contribution in [3.63, 3.8) is 0 Å². The average Bonchev–Trinajstić information content (AvgIpc) is 2.73. The predicted molar refractivity (Wildman–Crippen MR) is 111 cm³/mol. The molecule has 1 amide bonds. The highest BCUT2D eigenvalue weighted by Crippen LogP contribution is 2.26. The van der Waals surface area contributed by atoms with Gasteiger partial charge in [0.05, 0.1) is 16.9 Å². The van der Waals surface area contributed by atoms with E-state index in [4.69, 9.17) is 11.6 Å². The molecule has 1 aliphatic heterocycles. The Labute approximate surface area is 171 Å². The van der Waals surface area contributed by atoms with Crippen LogP contribution in [-0.2, 0) is 14.8 Å². The molecule has 2 atom stereocenters. The Hall–Kier alpha value is -1.89. The molecule has 0 bridgehead atoms. The average molecular weight is 421 g/mol. The molecule has 2 aromatic carbocycles. The number of hydrogen-bond donors (Lipinski definition) is 1. The van der Waals surface area contributed by atoms with Crippen molar-refractivity contribution in [3.05, 3.63) is 65.2 Å². The van der Waals surface area contributed by atoms with Gasteiger partial charge in [0.15, 0.2) is 0 Å². The van der Waals surface area contributed by atoms with E-state index >= 15 is 0 Å². The van der Waals surface area contributed by atoms with E-state index in [1.165, 1.54) is 16.4 Å². The predicted octanol–water partition coefficient (Wildman–Crippen LogP) is 4.01. The van der Waals surface area contributed by atoms with Gasteiger partial charge in [-0.2, -0.15) is 4.31 Å². The quantitative estimate of drug-likeness (QED) is 0.767. The molecule has 1 fully saturated rings. The summed E-state index contributed by atoms with van der Waals surface area (Å²) in [7, 11) is -3.64. The van der Waals surface area contributed by atoms with Crippen molar-refractivity contribution in [2.45, 2.75) is 37.1 Å². The lowest BCUT2D eigenvalue weighted by Gasteiger charge is -2.32. The number of rotatable bonds is 6. The molecule has 5 nitrogen and oxygen atoms in total. The van der Waals surface area contributed by atoms with Crippen LogP contribution in [0, 0.1) is 5.92 Å². The van der Waals surface area contributed by atoms with Gasteiger partial charge in [-0.25, -0.2) is 8.42 Å². The number of amides is 1. The fourth-order valence-electron chi connectivity index (χ4n) is 3.53. The second-order valence-electron chi connectivity index (χ2n) is 7.04. The Bertz CT molecular complexity index is 901. The van der Waals surface area contributed by atoms with Crippen molar-refractivity contribution in [1.82, 2.24) is 9.62 Å². The Balaban J connectivity index is 1.70. The highest BCUT2D eigenvalue weighted by Gasteiger charge is 2.33. The summed E-state index contributed by atoms with van der Waals surface area (Å²) in [6.45, 7) is 2.64. The molecule has 0 spiro atoms. The van der Waals surface area contributed by atoms with E-state index in [0.717, 1.165) is 12.0 Å². The minimum absolute atomic E-state index is 0.0723. The first-order valence-corrected chi connectivity index (χ1v) is 11.3. The van der Waals surface area contributed by atoms with E-state index in [0.29, 0.717) is 24.4 Å². The lowest BCUT2D eigenvalue weighted by molar-refractivity contribution is -0.126. The second kappa shape index (κ2) is 9.07. The van der Waals surface area contributed by atoms with E-state index in [9.17, 15) is 13.2 Å². The van der Waals surface area contributed by atoms with E-state index in [2.05, 4.69) is 5.32 Å². The van der Waals surface area contributed by atoms with Crippen LogP contribution in [0.4, 0.5) is 0 Å². The summed E-state index contributed by atoms with van der Waals surface area (Å²) in [5.74, 6) is -0.444. The third kappa shape index (κ3) is 4.74. The van der Waals surface area contributed by atoms with Crippen LogP contribution in [0.2, 0.25) is 5.02 Å². The highest BCUT2D eigenvalue weighted by atomic mass is 35.5. The van der Waals surface area contributed by atoms with Gasteiger partial charge in [-0.3, -0.25) is 4.79 Å². The van der Waals surface area contributed by atoms with Gasteiger partial charge in [0.1, 0.15) is 0 Å². The molecule has 150 valence electrons. The van der Waals surface area contributed by atoms with E-state index in [1.54, 1.807) is 12.1 Å². The molecule has 1 aliphatic rings. The summed E-state index contributed by atoms with van der Waals surface area (Å²) >= 11 is 5.86. The summed E-state index contributed by atoms with van der Waals surface area (Å²) < 4.78 is 27.2. The molecule has 1 saturated heterocycles. The molecule has 0 aromatic heterocycles. The third-order valence-corrected chi connectivity index (χ3v) is 7.26. The van der Waals surface area contributed by atoms with Crippen LogP contribution in [0.25, 0.3) is 0 Å². The van der Waals surface area contributed by atoms with Gasteiger partial charge in [-0.1, -0.05) is 48.9 Å². The number of nitrogens with zero attached hydrogens (tertiary/aromatic N) is 1. The lowest BCUT2D eigenvalue weighted by Crippen LogP contribution is -2.46. The highest BCUT2D eigenvalue weighted by molar-refractivity contribution is 7.89. The Morgan fingerprint density at radius 2 is 1.86 bits per heavy atom. The minimum atomic E-state index is -3.64. The van der Waals surface area contributed by atoms with Crippen LogP contribution in [0.15, 0.2) is 59.5 Å². The van der Waals surface area contributed by atoms with E-state index in [1.807, 2.05) is 37.3 Å². The number of hydrogen-bond acceptors (Lipinski definition) is 3. The van der Waals surface area contributed by atoms with Gasteiger partial charge in [-0.15, -0.1) is 0 Å². The van der Waals surface area contributed by atoms with Crippen molar-refractivity contribution in [2.75, 3.05) is 13.1 Å². The molecule has 7 heteroatoms.